The minimum absolute atomic E-state index is 0.216. The van der Waals surface area contributed by atoms with E-state index in [9.17, 15) is 0 Å². The van der Waals surface area contributed by atoms with Crippen LogP contribution < -0.4 is 5.73 Å². The summed E-state index contributed by atoms with van der Waals surface area (Å²) in [5, 5.41) is 18.9. The molecule has 0 aliphatic carbocycles. The number of rotatable bonds is 8. The molecule has 1 aliphatic heterocycles. The normalized spacial score (nSPS) is 17.9. The second-order valence-corrected chi connectivity index (χ2v) is 7.61. The van der Waals surface area contributed by atoms with Crippen molar-refractivity contribution in [1.82, 2.24) is 4.90 Å². The maximum absolute atomic E-state index is 8.85. The van der Waals surface area contributed by atoms with Gasteiger partial charge in [0.1, 0.15) is 0 Å². The van der Waals surface area contributed by atoms with Crippen LogP contribution in [0.3, 0.4) is 0 Å². The highest BCUT2D eigenvalue weighted by Gasteiger charge is 2.24. The molecule has 0 spiro atoms. The van der Waals surface area contributed by atoms with Gasteiger partial charge in [0.05, 0.1) is 10.0 Å². The maximum atomic E-state index is 8.85. The van der Waals surface area contributed by atoms with E-state index in [2.05, 4.69) is 4.90 Å². The van der Waals surface area contributed by atoms with Crippen LogP contribution in [0.25, 0.3) is 0 Å². The molecule has 0 aromatic heterocycles. The summed E-state index contributed by atoms with van der Waals surface area (Å²) in [6.45, 7) is 3.00. The Morgan fingerprint density at radius 2 is 1.88 bits per heavy atom. The molecule has 2 rings (SSSR count). The monoisotopic (exact) mass is 372 g/mol. The first-order chi connectivity index (χ1) is 11.5. The predicted octanol–water partition coefficient (Wildman–Crippen LogP) is 3.18. The van der Waals surface area contributed by atoms with E-state index in [-0.39, 0.29) is 6.04 Å². The van der Waals surface area contributed by atoms with Crippen molar-refractivity contribution >= 4 is 30.3 Å². The number of piperidine rings is 1. The molecule has 4 N–H and O–H groups in total. The Morgan fingerprint density at radius 1 is 1.17 bits per heavy atom. The molecule has 0 bridgehead atoms. The Morgan fingerprint density at radius 3 is 2.50 bits per heavy atom. The van der Waals surface area contributed by atoms with E-state index >= 15 is 0 Å². The molecule has 1 atom stereocenters. The molecule has 1 unspecified atom stereocenters. The highest BCUT2D eigenvalue weighted by molar-refractivity contribution is 6.42. The lowest BCUT2D eigenvalue weighted by Gasteiger charge is -2.35. The molecule has 1 aromatic rings. The van der Waals surface area contributed by atoms with Gasteiger partial charge < -0.3 is 15.8 Å². The molecule has 1 saturated heterocycles. The number of nitrogens with two attached hydrogens (primary N) is 1. The summed E-state index contributed by atoms with van der Waals surface area (Å²) in [4.78, 5) is 2.44. The quantitative estimate of drug-likeness (QED) is 0.484. The lowest BCUT2D eigenvalue weighted by molar-refractivity contribution is 0.159. The fourth-order valence-electron chi connectivity index (χ4n) is 3.38. The largest absolute Gasteiger partial charge is 0.451 e. The van der Waals surface area contributed by atoms with Gasteiger partial charge in [-0.15, -0.1) is 0 Å². The van der Waals surface area contributed by atoms with Gasteiger partial charge in [0.2, 0.25) is 0 Å². The summed E-state index contributed by atoms with van der Waals surface area (Å²) in [5.74, 6) is 0.564. The zero-order valence-corrected chi connectivity index (χ0v) is 15.5. The number of unbranched alkanes of at least 4 members (excludes halogenated alkanes) is 1. The number of hydrogen-bond donors (Lipinski definition) is 3. The van der Waals surface area contributed by atoms with Crippen LogP contribution in [0.5, 0.6) is 0 Å². The zero-order valence-electron chi connectivity index (χ0n) is 14.0. The van der Waals surface area contributed by atoms with Crippen molar-refractivity contribution in [2.24, 2.45) is 11.7 Å². The number of halogens is 2. The minimum Gasteiger partial charge on any atom is -0.427 e. The van der Waals surface area contributed by atoms with E-state index in [0.717, 1.165) is 51.7 Å². The average Bonchev–Trinajstić information content (AvgIpc) is 2.55. The van der Waals surface area contributed by atoms with Crippen LogP contribution in [0.1, 0.15) is 37.7 Å². The summed E-state index contributed by atoms with van der Waals surface area (Å²) >= 11 is 12.0. The van der Waals surface area contributed by atoms with Gasteiger partial charge in [0.25, 0.3) is 0 Å². The van der Waals surface area contributed by atoms with Crippen LogP contribution in [0.2, 0.25) is 16.4 Å². The smallest absolute Gasteiger partial charge is 0.427 e. The fraction of sp³-hybridized carbons (Fsp3) is 0.647. The number of hydrogen-bond acceptors (Lipinski definition) is 4. The van der Waals surface area contributed by atoms with Crippen LogP contribution >= 0.6 is 23.2 Å². The molecule has 1 aromatic carbocycles. The van der Waals surface area contributed by atoms with Crippen LogP contribution in [0.15, 0.2) is 18.2 Å². The molecule has 24 heavy (non-hydrogen) atoms. The second kappa shape index (κ2) is 10.0. The third-order valence-corrected chi connectivity index (χ3v) is 5.62. The molecule has 0 amide bonds. The van der Waals surface area contributed by atoms with E-state index in [1.807, 2.05) is 18.2 Å². The summed E-state index contributed by atoms with van der Waals surface area (Å²) in [6, 6.07) is 6.04. The molecule has 1 heterocycles. The Kier molecular flexibility index (Phi) is 8.34. The lowest BCUT2D eigenvalue weighted by Crippen LogP contribution is -2.40. The summed E-state index contributed by atoms with van der Waals surface area (Å²) in [5.41, 5.74) is 7.51. The molecule has 1 aliphatic rings. The van der Waals surface area contributed by atoms with Crippen LogP contribution in [-0.4, -0.2) is 41.2 Å². The molecule has 1 fully saturated rings. The SMILES string of the molecule is NC(CCCCB(O)O)C1CCN(Cc2ccc(Cl)c(Cl)c2)CC1. The number of likely N-dealkylation sites (tertiary alicyclic amines) is 1. The standard InChI is InChI=1S/C17H27BCl2N2O2/c19-15-5-4-13(11-16(15)20)12-22-9-6-14(7-10-22)17(21)3-1-2-8-18(23)24/h4-5,11,14,17,23-24H,1-3,6-10,12,21H2. The van der Waals surface area contributed by atoms with Gasteiger partial charge in [-0.1, -0.05) is 42.1 Å². The van der Waals surface area contributed by atoms with Crippen molar-refractivity contribution in [2.75, 3.05) is 13.1 Å². The zero-order chi connectivity index (χ0) is 17.5. The van der Waals surface area contributed by atoms with E-state index < -0.39 is 7.12 Å². The van der Waals surface area contributed by atoms with E-state index in [4.69, 9.17) is 39.0 Å². The summed E-state index contributed by atoms with van der Waals surface area (Å²) in [7, 11) is -1.19. The average molecular weight is 373 g/mol. The molecular weight excluding hydrogens is 346 g/mol. The molecule has 7 heteroatoms. The van der Waals surface area contributed by atoms with Gasteiger partial charge in [-0.3, -0.25) is 4.90 Å². The number of nitrogens with zero attached hydrogens (tertiary/aromatic N) is 1. The van der Waals surface area contributed by atoms with Crippen molar-refractivity contribution < 1.29 is 10.0 Å². The fourth-order valence-corrected chi connectivity index (χ4v) is 3.70. The Hall–Kier alpha value is -0.295. The molecule has 134 valence electrons. The molecule has 4 nitrogen and oxygen atoms in total. The highest BCUT2D eigenvalue weighted by atomic mass is 35.5. The van der Waals surface area contributed by atoms with Crippen molar-refractivity contribution in [3.05, 3.63) is 33.8 Å². The van der Waals surface area contributed by atoms with Gasteiger partial charge in [-0.25, -0.2) is 0 Å². The molecular formula is C17H27BCl2N2O2. The van der Waals surface area contributed by atoms with Gasteiger partial charge in [0.15, 0.2) is 0 Å². The number of benzene rings is 1. The topological polar surface area (TPSA) is 69.7 Å². The van der Waals surface area contributed by atoms with Gasteiger partial charge in [0, 0.05) is 12.6 Å². The third-order valence-electron chi connectivity index (χ3n) is 4.88. The van der Waals surface area contributed by atoms with E-state index in [1.165, 1.54) is 5.56 Å². The van der Waals surface area contributed by atoms with E-state index in [0.29, 0.717) is 22.3 Å². The maximum Gasteiger partial charge on any atom is 0.451 e. The first-order valence-electron chi connectivity index (χ1n) is 8.73. The first-order valence-corrected chi connectivity index (χ1v) is 9.49. The Balaban J connectivity index is 1.69. The lowest BCUT2D eigenvalue weighted by atomic mass is 9.82. The molecule has 0 radical (unpaired) electrons. The van der Waals surface area contributed by atoms with Crippen molar-refractivity contribution in [1.29, 1.82) is 0 Å². The van der Waals surface area contributed by atoms with Gasteiger partial charge >= 0.3 is 7.12 Å². The summed E-state index contributed by atoms with van der Waals surface area (Å²) in [6.07, 6.45) is 5.42. The van der Waals surface area contributed by atoms with Gasteiger partial charge in [-0.05, 0) is 62.3 Å². The third kappa shape index (κ3) is 6.55. The summed E-state index contributed by atoms with van der Waals surface area (Å²) < 4.78 is 0. The van der Waals surface area contributed by atoms with Crippen molar-refractivity contribution in [2.45, 2.75) is 51.0 Å². The van der Waals surface area contributed by atoms with Crippen LogP contribution in [0.4, 0.5) is 0 Å². The van der Waals surface area contributed by atoms with Gasteiger partial charge in [-0.2, -0.15) is 0 Å². The van der Waals surface area contributed by atoms with Crippen molar-refractivity contribution in [3.8, 4) is 0 Å². The van der Waals surface area contributed by atoms with E-state index in [1.54, 1.807) is 0 Å². The Bertz CT molecular complexity index is 511. The second-order valence-electron chi connectivity index (χ2n) is 6.79. The molecule has 0 saturated carbocycles. The highest BCUT2D eigenvalue weighted by Crippen LogP contribution is 2.26. The Labute approximate surface area is 155 Å². The van der Waals surface area contributed by atoms with Crippen LogP contribution in [-0.2, 0) is 6.54 Å². The first kappa shape index (κ1) is 20.0. The van der Waals surface area contributed by atoms with Crippen LogP contribution in [0, 0.1) is 5.92 Å². The predicted molar refractivity (Wildman–Crippen MR) is 101 cm³/mol. The van der Waals surface area contributed by atoms with Crippen molar-refractivity contribution in [3.63, 3.8) is 0 Å². The minimum atomic E-state index is -1.19.